The first-order valence-corrected chi connectivity index (χ1v) is 7.38. The Kier molecular flexibility index (Phi) is 2.81. The number of nitrogens with zero attached hydrogens (tertiary/aromatic N) is 5. The molecule has 0 aliphatic rings. The number of hydrogen-bond acceptors (Lipinski definition) is 4. The average molecular weight is 391 g/mol. The van der Waals surface area contributed by atoms with Gasteiger partial charge in [-0.3, -0.25) is 4.68 Å². The number of oxazole rings is 1. The van der Waals surface area contributed by atoms with Gasteiger partial charge in [-0.15, -0.1) is 0 Å². The van der Waals surface area contributed by atoms with Gasteiger partial charge in [-0.25, -0.2) is 9.67 Å². The lowest BCUT2D eigenvalue weighted by Crippen LogP contribution is -1.94. The van der Waals surface area contributed by atoms with Crippen LogP contribution in [0.15, 0.2) is 47.3 Å². The van der Waals surface area contributed by atoms with Gasteiger partial charge in [0, 0.05) is 19.4 Å². The van der Waals surface area contributed by atoms with Gasteiger partial charge in [-0.2, -0.15) is 10.2 Å². The molecule has 6 nitrogen and oxygen atoms in total. The smallest absolute Gasteiger partial charge is 0.230 e. The van der Waals surface area contributed by atoms with Crippen LogP contribution in [0.3, 0.4) is 0 Å². The van der Waals surface area contributed by atoms with E-state index in [2.05, 4.69) is 37.8 Å². The molecule has 0 bridgehead atoms. The molecule has 0 amide bonds. The van der Waals surface area contributed by atoms with E-state index < -0.39 is 0 Å². The van der Waals surface area contributed by atoms with Crippen LogP contribution in [0, 0.1) is 3.70 Å². The Hall–Kier alpha value is -2.16. The molecule has 0 fully saturated rings. The Morgan fingerprint density at radius 2 is 2.14 bits per heavy atom. The molecule has 0 saturated carbocycles. The van der Waals surface area contributed by atoms with Crippen LogP contribution in [-0.2, 0) is 7.05 Å². The van der Waals surface area contributed by atoms with E-state index in [4.69, 9.17) is 4.42 Å². The topological polar surface area (TPSA) is 61.7 Å². The standard InChI is InChI=1S/C14H10IN5O/c1-19-8-9(7-16-19)14-17-11-6-10(2-3-12(11)21-14)20-5-4-13(15)18-20/h2-8H,1H3. The van der Waals surface area contributed by atoms with Crippen molar-refractivity contribution in [2.24, 2.45) is 7.05 Å². The van der Waals surface area contributed by atoms with Crippen molar-refractivity contribution in [3.05, 3.63) is 46.6 Å². The maximum absolute atomic E-state index is 5.77. The third-order valence-electron chi connectivity index (χ3n) is 3.14. The summed E-state index contributed by atoms with van der Waals surface area (Å²) in [7, 11) is 1.86. The van der Waals surface area contributed by atoms with Crippen LogP contribution in [-0.4, -0.2) is 24.5 Å². The van der Waals surface area contributed by atoms with Crippen molar-refractivity contribution in [1.82, 2.24) is 24.5 Å². The molecule has 0 spiro atoms. The molecule has 1 aromatic carbocycles. The van der Waals surface area contributed by atoms with Crippen molar-refractivity contribution in [1.29, 1.82) is 0 Å². The van der Waals surface area contributed by atoms with Gasteiger partial charge in [0.15, 0.2) is 5.58 Å². The first-order chi connectivity index (χ1) is 10.2. The molecule has 0 radical (unpaired) electrons. The van der Waals surface area contributed by atoms with Crippen molar-refractivity contribution in [2.45, 2.75) is 0 Å². The fourth-order valence-electron chi connectivity index (χ4n) is 2.16. The highest BCUT2D eigenvalue weighted by molar-refractivity contribution is 14.1. The molecule has 0 unspecified atom stereocenters. The quantitative estimate of drug-likeness (QED) is 0.493. The summed E-state index contributed by atoms with van der Waals surface area (Å²) in [5.41, 5.74) is 3.37. The van der Waals surface area contributed by atoms with Crippen LogP contribution in [0.5, 0.6) is 0 Å². The van der Waals surface area contributed by atoms with E-state index in [1.807, 2.05) is 48.4 Å². The first kappa shape index (κ1) is 12.6. The SMILES string of the molecule is Cn1cc(-c2nc3cc(-n4ccc(I)n4)ccc3o2)cn1. The summed E-state index contributed by atoms with van der Waals surface area (Å²) in [6.07, 6.45) is 5.54. The molecule has 4 rings (SSSR count). The average Bonchev–Trinajstić information content (AvgIpc) is 3.16. The predicted octanol–water partition coefficient (Wildman–Crippen LogP) is 3.02. The van der Waals surface area contributed by atoms with Gasteiger partial charge in [-0.05, 0) is 46.9 Å². The highest BCUT2D eigenvalue weighted by Gasteiger charge is 2.11. The van der Waals surface area contributed by atoms with E-state index in [-0.39, 0.29) is 0 Å². The van der Waals surface area contributed by atoms with Crippen molar-refractivity contribution in [2.75, 3.05) is 0 Å². The lowest BCUT2D eigenvalue weighted by molar-refractivity contribution is 0.619. The molecule has 0 saturated heterocycles. The van der Waals surface area contributed by atoms with Gasteiger partial charge in [0.2, 0.25) is 5.89 Å². The minimum atomic E-state index is 0.574. The largest absolute Gasteiger partial charge is 0.436 e. The predicted molar refractivity (Wildman–Crippen MR) is 86.1 cm³/mol. The zero-order chi connectivity index (χ0) is 14.4. The number of fused-ring (bicyclic) bond motifs is 1. The van der Waals surface area contributed by atoms with Crippen LogP contribution < -0.4 is 0 Å². The maximum atomic E-state index is 5.77. The van der Waals surface area contributed by atoms with Crippen LogP contribution in [0.2, 0.25) is 0 Å². The minimum absolute atomic E-state index is 0.574. The molecule has 0 N–H and O–H groups in total. The third kappa shape index (κ3) is 2.23. The van der Waals surface area contributed by atoms with E-state index >= 15 is 0 Å². The molecule has 7 heteroatoms. The van der Waals surface area contributed by atoms with E-state index in [0.29, 0.717) is 5.89 Å². The van der Waals surface area contributed by atoms with Crippen LogP contribution >= 0.6 is 22.6 Å². The number of aryl methyl sites for hydroxylation is 1. The second-order valence-electron chi connectivity index (χ2n) is 4.66. The maximum Gasteiger partial charge on any atom is 0.230 e. The second-order valence-corrected chi connectivity index (χ2v) is 5.76. The van der Waals surface area contributed by atoms with E-state index in [9.17, 15) is 0 Å². The summed E-state index contributed by atoms with van der Waals surface area (Å²) in [6, 6.07) is 7.78. The van der Waals surface area contributed by atoms with Crippen molar-refractivity contribution in [3.8, 4) is 17.1 Å². The summed E-state index contributed by atoms with van der Waals surface area (Å²) in [5.74, 6) is 0.574. The Balaban J connectivity index is 1.81. The minimum Gasteiger partial charge on any atom is -0.436 e. The Labute approximate surface area is 133 Å². The van der Waals surface area contributed by atoms with Gasteiger partial charge in [0.05, 0.1) is 17.4 Å². The lowest BCUT2D eigenvalue weighted by Gasteiger charge is -1.99. The van der Waals surface area contributed by atoms with Gasteiger partial charge in [0.25, 0.3) is 0 Å². The summed E-state index contributed by atoms with van der Waals surface area (Å²) < 4.78 is 10.3. The molecular weight excluding hydrogens is 381 g/mol. The molecule has 0 aliphatic carbocycles. The van der Waals surface area contributed by atoms with Crippen LogP contribution in [0.4, 0.5) is 0 Å². The summed E-state index contributed by atoms with van der Waals surface area (Å²) >= 11 is 2.18. The third-order valence-corrected chi connectivity index (χ3v) is 3.72. The van der Waals surface area contributed by atoms with E-state index in [0.717, 1.165) is 26.1 Å². The monoisotopic (exact) mass is 391 g/mol. The van der Waals surface area contributed by atoms with Gasteiger partial charge < -0.3 is 4.42 Å². The molecule has 21 heavy (non-hydrogen) atoms. The molecule has 3 aromatic heterocycles. The molecule has 0 atom stereocenters. The number of aromatic nitrogens is 5. The Bertz CT molecular complexity index is 898. The fraction of sp³-hybridized carbons (Fsp3) is 0.0714. The first-order valence-electron chi connectivity index (χ1n) is 6.30. The van der Waals surface area contributed by atoms with Crippen molar-refractivity contribution < 1.29 is 4.42 Å². The zero-order valence-corrected chi connectivity index (χ0v) is 13.2. The van der Waals surface area contributed by atoms with Crippen molar-refractivity contribution in [3.63, 3.8) is 0 Å². The number of benzene rings is 1. The molecule has 104 valence electrons. The van der Waals surface area contributed by atoms with Crippen LogP contribution in [0.25, 0.3) is 28.2 Å². The lowest BCUT2D eigenvalue weighted by atomic mass is 10.3. The Morgan fingerprint density at radius 3 is 2.86 bits per heavy atom. The number of hydrogen-bond donors (Lipinski definition) is 0. The summed E-state index contributed by atoms with van der Waals surface area (Å²) in [5, 5.41) is 8.52. The Morgan fingerprint density at radius 1 is 1.24 bits per heavy atom. The molecule has 3 heterocycles. The summed E-state index contributed by atoms with van der Waals surface area (Å²) in [4.78, 5) is 4.53. The number of halogens is 1. The highest BCUT2D eigenvalue weighted by Crippen LogP contribution is 2.25. The highest BCUT2D eigenvalue weighted by atomic mass is 127. The van der Waals surface area contributed by atoms with E-state index in [1.54, 1.807) is 10.9 Å². The number of rotatable bonds is 2. The molecule has 4 aromatic rings. The van der Waals surface area contributed by atoms with Gasteiger partial charge in [-0.1, -0.05) is 0 Å². The second kappa shape index (κ2) is 4.69. The normalized spacial score (nSPS) is 11.3. The fourth-order valence-corrected chi connectivity index (χ4v) is 2.55. The van der Waals surface area contributed by atoms with Gasteiger partial charge in [0.1, 0.15) is 9.22 Å². The molecule has 0 aliphatic heterocycles. The molecular formula is C14H10IN5O. The van der Waals surface area contributed by atoms with Crippen molar-refractivity contribution >= 4 is 33.7 Å². The zero-order valence-electron chi connectivity index (χ0n) is 11.1. The summed E-state index contributed by atoms with van der Waals surface area (Å²) in [6.45, 7) is 0. The van der Waals surface area contributed by atoms with E-state index in [1.165, 1.54) is 0 Å². The van der Waals surface area contributed by atoms with Gasteiger partial charge >= 0.3 is 0 Å². The van der Waals surface area contributed by atoms with Crippen LogP contribution in [0.1, 0.15) is 0 Å².